The molecular weight excluding hydrogens is 482 g/mol. The number of ether oxygens (including phenoxy) is 2. The summed E-state index contributed by atoms with van der Waals surface area (Å²) in [5.74, 6) is 0.671. The minimum absolute atomic E-state index is 0.0505. The molecule has 0 radical (unpaired) electrons. The van der Waals surface area contributed by atoms with Gasteiger partial charge in [0.25, 0.3) is 5.91 Å². The van der Waals surface area contributed by atoms with Gasteiger partial charge in [-0.3, -0.25) is 25.8 Å². The lowest BCUT2D eigenvalue weighted by molar-refractivity contribution is -0.123. The summed E-state index contributed by atoms with van der Waals surface area (Å²) in [6, 6.07) is 13.0. The molecule has 0 unspecified atom stereocenters. The molecular formula is C22H24BrN3O4S. The molecule has 0 fully saturated rings. The Morgan fingerprint density at radius 2 is 1.87 bits per heavy atom. The summed E-state index contributed by atoms with van der Waals surface area (Å²) in [6.45, 7) is 3.96. The smallest absolute Gasteiger partial charge is 0.276 e. The molecule has 0 aliphatic carbocycles. The number of thiocarbonyl (C=S) groups is 1. The van der Waals surface area contributed by atoms with Gasteiger partial charge in [-0.1, -0.05) is 38.1 Å². The van der Waals surface area contributed by atoms with E-state index < -0.39 is 11.8 Å². The van der Waals surface area contributed by atoms with Crippen LogP contribution < -0.4 is 25.6 Å². The highest BCUT2D eigenvalue weighted by Gasteiger charge is 2.09. The van der Waals surface area contributed by atoms with E-state index in [1.54, 1.807) is 25.3 Å². The number of hydrogen-bond acceptors (Lipinski definition) is 5. The maximum absolute atomic E-state index is 12.0. The predicted octanol–water partition coefficient (Wildman–Crippen LogP) is 3.70. The molecule has 9 heteroatoms. The second-order valence-corrected chi connectivity index (χ2v) is 7.96. The summed E-state index contributed by atoms with van der Waals surface area (Å²) in [4.78, 5) is 23.9. The first-order valence-electron chi connectivity index (χ1n) is 9.43. The molecule has 2 aromatic rings. The van der Waals surface area contributed by atoms with Crippen LogP contribution in [0, 0.1) is 0 Å². The van der Waals surface area contributed by atoms with Gasteiger partial charge < -0.3 is 9.47 Å². The van der Waals surface area contributed by atoms with E-state index >= 15 is 0 Å². The molecule has 0 saturated heterocycles. The zero-order chi connectivity index (χ0) is 22.8. The molecule has 0 heterocycles. The monoisotopic (exact) mass is 505 g/mol. The maximum Gasteiger partial charge on any atom is 0.276 e. The predicted molar refractivity (Wildman–Crippen MR) is 128 cm³/mol. The third-order valence-electron chi connectivity index (χ3n) is 4.09. The number of amides is 2. The lowest BCUT2D eigenvalue weighted by Gasteiger charge is -2.12. The van der Waals surface area contributed by atoms with Crippen molar-refractivity contribution in [2.45, 2.75) is 19.8 Å². The van der Waals surface area contributed by atoms with Crippen LogP contribution in [-0.4, -0.2) is 30.6 Å². The Labute approximate surface area is 195 Å². The van der Waals surface area contributed by atoms with Crippen molar-refractivity contribution in [3.05, 3.63) is 64.1 Å². The van der Waals surface area contributed by atoms with Gasteiger partial charge in [0, 0.05) is 11.6 Å². The van der Waals surface area contributed by atoms with Crippen LogP contribution in [0.2, 0.25) is 0 Å². The second kappa shape index (κ2) is 12.1. The molecule has 2 amide bonds. The lowest BCUT2D eigenvalue weighted by atomic mass is 10.0. The van der Waals surface area contributed by atoms with Crippen molar-refractivity contribution in [3.8, 4) is 11.5 Å². The minimum Gasteiger partial charge on any atom is -0.496 e. The number of para-hydroxylation sites is 1. The molecule has 0 aliphatic rings. The van der Waals surface area contributed by atoms with E-state index in [2.05, 4.69) is 45.9 Å². The number of nitrogens with one attached hydrogen (secondary N) is 3. The summed E-state index contributed by atoms with van der Waals surface area (Å²) in [5.41, 5.74) is 6.73. The van der Waals surface area contributed by atoms with Gasteiger partial charge in [0.05, 0.1) is 11.6 Å². The SMILES string of the molecule is COc1ccccc1/C=C/C(=O)NC(=S)NNC(=O)COc1ccc(C(C)C)cc1Br. The van der Waals surface area contributed by atoms with Gasteiger partial charge in [0.2, 0.25) is 5.91 Å². The van der Waals surface area contributed by atoms with Gasteiger partial charge in [0.1, 0.15) is 11.5 Å². The normalized spacial score (nSPS) is 10.6. The third kappa shape index (κ3) is 8.03. The fourth-order valence-electron chi connectivity index (χ4n) is 2.45. The Morgan fingerprint density at radius 1 is 1.13 bits per heavy atom. The highest BCUT2D eigenvalue weighted by atomic mass is 79.9. The van der Waals surface area contributed by atoms with E-state index in [4.69, 9.17) is 21.7 Å². The average molecular weight is 506 g/mol. The van der Waals surface area contributed by atoms with E-state index in [1.165, 1.54) is 6.08 Å². The number of carbonyl (C=O) groups excluding carboxylic acids is 2. The van der Waals surface area contributed by atoms with Crippen molar-refractivity contribution >= 4 is 51.2 Å². The Kier molecular flexibility index (Phi) is 9.48. The number of methoxy groups -OCH3 is 1. The molecule has 2 aromatic carbocycles. The number of benzene rings is 2. The van der Waals surface area contributed by atoms with Crippen LogP contribution in [0.5, 0.6) is 11.5 Å². The highest BCUT2D eigenvalue weighted by molar-refractivity contribution is 9.10. The summed E-state index contributed by atoms with van der Waals surface area (Å²) in [5, 5.41) is 2.38. The van der Waals surface area contributed by atoms with Crippen molar-refractivity contribution < 1.29 is 19.1 Å². The van der Waals surface area contributed by atoms with Gasteiger partial charge in [-0.25, -0.2) is 0 Å². The first-order chi connectivity index (χ1) is 14.8. The van der Waals surface area contributed by atoms with E-state index in [1.807, 2.05) is 30.3 Å². The van der Waals surface area contributed by atoms with Crippen molar-refractivity contribution in [1.29, 1.82) is 0 Å². The van der Waals surface area contributed by atoms with Crippen LogP contribution in [0.15, 0.2) is 53.0 Å². The molecule has 0 spiro atoms. The fraction of sp³-hybridized carbons (Fsp3) is 0.227. The highest BCUT2D eigenvalue weighted by Crippen LogP contribution is 2.28. The van der Waals surface area contributed by atoms with Crippen LogP contribution in [0.25, 0.3) is 6.08 Å². The molecule has 0 aliphatic heterocycles. The molecule has 3 N–H and O–H groups in total. The largest absolute Gasteiger partial charge is 0.496 e. The Balaban J connectivity index is 1.76. The maximum atomic E-state index is 12.0. The Hall–Kier alpha value is -2.91. The number of halogens is 1. The molecule has 31 heavy (non-hydrogen) atoms. The molecule has 2 rings (SSSR count). The van der Waals surface area contributed by atoms with Crippen LogP contribution in [0.1, 0.15) is 30.9 Å². The van der Waals surface area contributed by atoms with Crippen LogP contribution >= 0.6 is 28.1 Å². The molecule has 0 atom stereocenters. The van der Waals surface area contributed by atoms with Crippen molar-refractivity contribution in [1.82, 2.24) is 16.2 Å². The number of rotatable bonds is 7. The summed E-state index contributed by atoms with van der Waals surface area (Å²) in [6.07, 6.45) is 2.92. The van der Waals surface area contributed by atoms with Gasteiger partial charge in [-0.15, -0.1) is 0 Å². The quantitative estimate of drug-likeness (QED) is 0.302. The number of hydrogen-bond donors (Lipinski definition) is 3. The summed E-state index contributed by atoms with van der Waals surface area (Å²) < 4.78 is 11.5. The standard InChI is InChI=1S/C22H24BrN3O4S/c1-14(2)16-8-10-19(17(23)12-16)30-13-21(28)25-26-22(31)24-20(27)11-9-15-6-4-5-7-18(15)29-3/h4-12,14H,13H2,1-3H3,(H,25,28)(H2,24,26,27,31)/b11-9+. The first-order valence-corrected chi connectivity index (χ1v) is 10.6. The Bertz CT molecular complexity index is 979. The first kappa shape index (κ1) is 24.4. The van der Waals surface area contributed by atoms with Gasteiger partial charge in [-0.2, -0.15) is 0 Å². The van der Waals surface area contributed by atoms with E-state index in [9.17, 15) is 9.59 Å². The van der Waals surface area contributed by atoms with Crippen LogP contribution in [0.4, 0.5) is 0 Å². The molecule has 164 valence electrons. The lowest BCUT2D eigenvalue weighted by Crippen LogP contribution is -2.49. The second-order valence-electron chi connectivity index (χ2n) is 6.70. The van der Waals surface area contributed by atoms with E-state index in [0.717, 1.165) is 15.6 Å². The van der Waals surface area contributed by atoms with E-state index in [0.29, 0.717) is 17.4 Å². The van der Waals surface area contributed by atoms with Gasteiger partial charge >= 0.3 is 0 Å². The van der Waals surface area contributed by atoms with Crippen molar-refractivity contribution in [2.75, 3.05) is 13.7 Å². The van der Waals surface area contributed by atoms with Gasteiger partial charge in [0.15, 0.2) is 11.7 Å². The van der Waals surface area contributed by atoms with E-state index in [-0.39, 0.29) is 11.7 Å². The zero-order valence-electron chi connectivity index (χ0n) is 17.4. The summed E-state index contributed by atoms with van der Waals surface area (Å²) >= 11 is 8.44. The van der Waals surface area contributed by atoms with Crippen LogP contribution in [0.3, 0.4) is 0 Å². The third-order valence-corrected chi connectivity index (χ3v) is 4.91. The molecule has 0 bridgehead atoms. The minimum atomic E-state index is -0.457. The zero-order valence-corrected chi connectivity index (χ0v) is 19.8. The number of hydrazine groups is 1. The Morgan fingerprint density at radius 3 is 2.55 bits per heavy atom. The average Bonchev–Trinajstić information content (AvgIpc) is 2.75. The van der Waals surface area contributed by atoms with Crippen molar-refractivity contribution in [3.63, 3.8) is 0 Å². The summed E-state index contributed by atoms with van der Waals surface area (Å²) in [7, 11) is 1.55. The molecule has 7 nitrogen and oxygen atoms in total. The topological polar surface area (TPSA) is 88.7 Å². The van der Waals surface area contributed by atoms with Gasteiger partial charge in [-0.05, 0) is 63.9 Å². The van der Waals surface area contributed by atoms with Crippen molar-refractivity contribution in [2.24, 2.45) is 0 Å². The number of carbonyl (C=O) groups is 2. The van der Waals surface area contributed by atoms with Crippen LogP contribution in [-0.2, 0) is 9.59 Å². The fourth-order valence-corrected chi connectivity index (χ4v) is 3.12. The molecule has 0 aromatic heterocycles. The molecule has 0 saturated carbocycles.